The number of benzene rings is 1. The lowest BCUT2D eigenvalue weighted by Crippen LogP contribution is -2.47. The summed E-state index contributed by atoms with van der Waals surface area (Å²) in [6.07, 6.45) is -7.21. The summed E-state index contributed by atoms with van der Waals surface area (Å²) in [5.74, 6) is -3.99. The van der Waals surface area contributed by atoms with E-state index in [1.807, 2.05) is 5.32 Å². The summed E-state index contributed by atoms with van der Waals surface area (Å²) in [4.78, 5) is 29.9. The minimum atomic E-state index is -4.80. The molecule has 0 saturated carbocycles. The highest BCUT2D eigenvalue weighted by Crippen LogP contribution is 2.26. The highest BCUT2D eigenvalue weighted by atomic mass is 19.4. The molecule has 36 heavy (non-hydrogen) atoms. The summed E-state index contributed by atoms with van der Waals surface area (Å²) in [5, 5.41) is 3.83. The fourth-order valence-corrected chi connectivity index (χ4v) is 3.49. The number of anilines is 1. The van der Waals surface area contributed by atoms with E-state index in [-0.39, 0.29) is 22.5 Å². The summed E-state index contributed by atoms with van der Waals surface area (Å²) < 4.78 is 94.6. The Bertz CT molecular complexity index is 1320. The van der Waals surface area contributed by atoms with Gasteiger partial charge in [0.1, 0.15) is 29.1 Å². The highest BCUT2D eigenvalue weighted by Gasteiger charge is 2.41. The van der Waals surface area contributed by atoms with Crippen LogP contribution in [0.3, 0.4) is 0 Å². The SMILES string of the molecule is CC(C)CC(NC(=O)c1cn(-c2ccc(F)cc2F)c2nc(NCC(F)F)ccc2c1=O)C(F)(F)F. The first-order valence-electron chi connectivity index (χ1n) is 10.7. The lowest BCUT2D eigenvalue weighted by Gasteiger charge is -2.23. The van der Waals surface area contributed by atoms with Gasteiger partial charge in [0.25, 0.3) is 12.3 Å². The Morgan fingerprint density at radius 3 is 2.39 bits per heavy atom. The van der Waals surface area contributed by atoms with E-state index in [4.69, 9.17) is 0 Å². The molecule has 3 aromatic rings. The number of hydrogen-bond acceptors (Lipinski definition) is 4. The van der Waals surface area contributed by atoms with Gasteiger partial charge in [-0.25, -0.2) is 22.5 Å². The van der Waals surface area contributed by atoms with Crippen LogP contribution in [0.2, 0.25) is 0 Å². The van der Waals surface area contributed by atoms with Gasteiger partial charge in [0.2, 0.25) is 5.43 Å². The number of halogens is 7. The van der Waals surface area contributed by atoms with Crippen LogP contribution < -0.4 is 16.1 Å². The van der Waals surface area contributed by atoms with E-state index >= 15 is 0 Å². The van der Waals surface area contributed by atoms with E-state index in [1.165, 1.54) is 13.8 Å². The number of alkyl halides is 5. The maximum Gasteiger partial charge on any atom is 0.408 e. The zero-order valence-electron chi connectivity index (χ0n) is 19.0. The Morgan fingerprint density at radius 2 is 1.81 bits per heavy atom. The fraction of sp³-hybridized carbons (Fsp3) is 0.348. The molecule has 1 atom stereocenters. The highest BCUT2D eigenvalue weighted by molar-refractivity contribution is 5.97. The molecule has 0 aliphatic carbocycles. The lowest BCUT2D eigenvalue weighted by atomic mass is 10.0. The lowest BCUT2D eigenvalue weighted by molar-refractivity contribution is -0.156. The van der Waals surface area contributed by atoms with Crippen LogP contribution in [0.25, 0.3) is 16.7 Å². The van der Waals surface area contributed by atoms with Gasteiger partial charge in [0, 0.05) is 12.3 Å². The van der Waals surface area contributed by atoms with Crippen LogP contribution in [0.1, 0.15) is 30.6 Å². The number of amides is 1. The summed E-state index contributed by atoms with van der Waals surface area (Å²) in [7, 11) is 0. The maximum absolute atomic E-state index is 14.6. The average molecular weight is 518 g/mol. The monoisotopic (exact) mass is 518 g/mol. The Kier molecular flexibility index (Phi) is 7.89. The van der Waals surface area contributed by atoms with Crippen molar-refractivity contribution in [3.63, 3.8) is 0 Å². The average Bonchev–Trinajstić information content (AvgIpc) is 2.77. The molecule has 6 nitrogen and oxygen atoms in total. The van der Waals surface area contributed by atoms with Gasteiger partial charge in [0.05, 0.1) is 17.6 Å². The van der Waals surface area contributed by atoms with Crippen LogP contribution >= 0.6 is 0 Å². The second-order valence-corrected chi connectivity index (χ2v) is 8.37. The summed E-state index contributed by atoms with van der Waals surface area (Å²) in [6, 6.07) is 2.37. The topological polar surface area (TPSA) is 76.0 Å². The molecule has 13 heteroatoms. The smallest absolute Gasteiger partial charge is 0.364 e. The van der Waals surface area contributed by atoms with Gasteiger partial charge in [-0.2, -0.15) is 13.2 Å². The molecule has 194 valence electrons. The van der Waals surface area contributed by atoms with Crippen molar-refractivity contribution in [2.45, 2.75) is 38.9 Å². The molecule has 1 aromatic carbocycles. The third-order valence-electron chi connectivity index (χ3n) is 5.11. The fourth-order valence-electron chi connectivity index (χ4n) is 3.49. The number of carbonyl (C=O) groups excluding carboxylic acids is 1. The normalized spacial score (nSPS) is 12.9. The summed E-state index contributed by atoms with van der Waals surface area (Å²) >= 11 is 0. The molecular formula is C23H21F7N4O2. The summed E-state index contributed by atoms with van der Waals surface area (Å²) in [5.41, 5.74) is -2.45. The van der Waals surface area contributed by atoms with Crippen molar-refractivity contribution in [2.75, 3.05) is 11.9 Å². The van der Waals surface area contributed by atoms with Crippen LogP contribution in [0.5, 0.6) is 0 Å². The van der Waals surface area contributed by atoms with E-state index < -0.39 is 66.1 Å². The van der Waals surface area contributed by atoms with Crippen molar-refractivity contribution in [3.8, 4) is 5.69 Å². The van der Waals surface area contributed by atoms with Gasteiger partial charge in [-0.3, -0.25) is 14.2 Å². The zero-order chi connectivity index (χ0) is 26.8. The van der Waals surface area contributed by atoms with E-state index in [1.54, 1.807) is 0 Å². The Balaban J connectivity index is 2.19. The number of nitrogens with zero attached hydrogens (tertiary/aromatic N) is 2. The number of carbonyl (C=O) groups is 1. The van der Waals surface area contributed by atoms with Gasteiger partial charge >= 0.3 is 6.18 Å². The molecule has 0 fully saturated rings. The quantitative estimate of drug-likeness (QED) is 0.410. The molecular weight excluding hydrogens is 497 g/mol. The minimum absolute atomic E-state index is 0.121. The molecule has 1 amide bonds. The number of fused-ring (bicyclic) bond motifs is 1. The Hall–Kier alpha value is -3.64. The molecule has 0 spiro atoms. The van der Waals surface area contributed by atoms with E-state index in [0.717, 1.165) is 35.0 Å². The molecule has 2 heterocycles. The van der Waals surface area contributed by atoms with Gasteiger partial charge in [0.15, 0.2) is 5.65 Å². The second-order valence-electron chi connectivity index (χ2n) is 8.37. The van der Waals surface area contributed by atoms with Crippen LogP contribution in [-0.4, -0.2) is 40.6 Å². The van der Waals surface area contributed by atoms with Gasteiger partial charge < -0.3 is 10.6 Å². The number of hydrogen-bond donors (Lipinski definition) is 2. The Labute approximate surface area is 200 Å². The first-order valence-corrected chi connectivity index (χ1v) is 10.7. The molecule has 0 aliphatic rings. The first kappa shape index (κ1) is 27.0. The van der Waals surface area contributed by atoms with E-state index in [2.05, 4.69) is 10.3 Å². The van der Waals surface area contributed by atoms with Crippen molar-refractivity contribution in [3.05, 3.63) is 63.9 Å². The summed E-state index contributed by atoms with van der Waals surface area (Å²) in [6.45, 7) is 2.26. The standard InChI is InChI=1S/C23H21F7N4O2/c1-11(2)7-17(23(28,29)30)32-22(36)14-10-34(16-5-3-12(24)8-15(16)25)21-13(20(14)35)4-6-19(33-21)31-9-18(26)27/h3-6,8,10-11,17-18H,7,9H2,1-2H3,(H,31,33)(H,32,36). The third kappa shape index (κ3) is 6.13. The van der Waals surface area contributed by atoms with Crippen LogP contribution in [0.4, 0.5) is 36.6 Å². The van der Waals surface area contributed by atoms with Crippen LogP contribution in [-0.2, 0) is 0 Å². The maximum atomic E-state index is 14.6. The molecule has 1 unspecified atom stereocenters. The molecule has 0 bridgehead atoms. The van der Waals surface area contributed by atoms with Crippen molar-refractivity contribution >= 4 is 22.8 Å². The van der Waals surface area contributed by atoms with E-state index in [9.17, 15) is 40.3 Å². The molecule has 0 saturated heterocycles. The number of pyridine rings is 2. The predicted octanol–water partition coefficient (Wildman–Crippen LogP) is 5.05. The largest absolute Gasteiger partial charge is 0.408 e. The number of rotatable bonds is 8. The predicted molar refractivity (Wildman–Crippen MR) is 119 cm³/mol. The van der Waals surface area contributed by atoms with Gasteiger partial charge in [-0.15, -0.1) is 0 Å². The van der Waals surface area contributed by atoms with Crippen LogP contribution in [0, 0.1) is 17.6 Å². The number of aromatic nitrogens is 2. The number of nitrogens with one attached hydrogen (secondary N) is 2. The second kappa shape index (κ2) is 10.5. The van der Waals surface area contributed by atoms with E-state index in [0.29, 0.717) is 6.07 Å². The van der Waals surface area contributed by atoms with Crippen molar-refractivity contribution in [2.24, 2.45) is 5.92 Å². The molecule has 0 aliphatic heterocycles. The zero-order valence-corrected chi connectivity index (χ0v) is 19.0. The van der Waals surface area contributed by atoms with Crippen molar-refractivity contribution < 1.29 is 35.5 Å². The molecule has 0 radical (unpaired) electrons. The molecule has 3 rings (SSSR count). The van der Waals surface area contributed by atoms with Crippen molar-refractivity contribution in [1.29, 1.82) is 0 Å². The molecule has 2 N–H and O–H groups in total. The Morgan fingerprint density at radius 1 is 1.11 bits per heavy atom. The van der Waals surface area contributed by atoms with Gasteiger partial charge in [-0.05, 0) is 36.6 Å². The third-order valence-corrected chi connectivity index (χ3v) is 5.11. The van der Waals surface area contributed by atoms with Crippen LogP contribution in [0.15, 0.2) is 41.3 Å². The first-order chi connectivity index (χ1) is 16.8. The minimum Gasteiger partial charge on any atom is -0.364 e. The van der Waals surface area contributed by atoms with Crippen molar-refractivity contribution in [1.82, 2.24) is 14.9 Å². The molecule has 2 aromatic heterocycles. The van der Waals surface area contributed by atoms with Gasteiger partial charge in [-0.1, -0.05) is 13.8 Å².